The summed E-state index contributed by atoms with van der Waals surface area (Å²) in [5.41, 5.74) is 6.28. The van der Waals surface area contributed by atoms with Gasteiger partial charge < -0.3 is 11.1 Å². The lowest BCUT2D eigenvalue weighted by molar-refractivity contribution is -0.125. The van der Waals surface area contributed by atoms with E-state index in [1.165, 1.54) is 10.0 Å². The molecule has 1 aliphatic carbocycles. The summed E-state index contributed by atoms with van der Waals surface area (Å²) in [6.45, 7) is 4.41. The Balaban J connectivity index is 1.81. The lowest BCUT2D eigenvalue weighted by atomic mass is 9.75. The Kier molecular flexibility index (Phi) is 4.31. The largest absolute Gasteiger partial charge is 0.369 e. The highest BCUT2D eigenvalue weighted by atomic mass is 79.9. The van der Waals surface area contributed by atoms with Gasteiger partial charge in [0.25, 0.3) is 0 Å². The molecule has 1 aromatic rings. The smallest absolute Gasteiger partial charge is 0.224 e. The second-order valence-corrected chi connectivity index (χ2v) is 6.87. The van der Waals surface area contributed by atoms with Crippen molar-refractivity contribution in [2.45, 2.75) is 38.6 Å². The van der Waals surface area contributed by atoms with Crippen molar-refractivity contribution < 1.29 is 4.79 Å². The van der Waals surface area contributed by atoms with Crippen LogP contribution < -0.4 is 11.1 Å². The normalized spacial score (nSPS) is 22.9. The van der Waals surface area contributed by atoms with Crippen molar-refractivity contribution in [3.8, 4) is 0 Å². The van der Waals surface area contributed by atoms with Gasteiger partial charge in [0.1, 0.15) is 0 Å². The van der Waals surface area contributed by atoms with Crippen LogP contribution in [-0.2, 0) is 4.79 Å². The monoisotopic (exact) mass is 324 g/mol. The van der Waals surface area contributed by atoms with Crippen LogP contribution in [0.3, 0.4) is 0 Å². The van der Waals surface area contributed by atoms with Crippen LogP contribution in [0.15, 0.2) is 28.7 Å². The fourth-order valence-electron chi connectivity index (χ4n) is 2.33. The van der Waals surface area contributed by atoms with Gasteiger partial charge in [0.2, 0.25) is 5.91 Å². The number of carbonyl (C=O) groups excluding carboxylic acids is 1. The Morgan fingerprint density at radius 1 is 1.42 bits per heavy atom. The van der Waals surface area contributed by atoms with E-state index in [1.807, 2.05) is 19.9 Å². The summed E-state index contributed by atoms with van der Waals surface area (Å²) in [6.07, 6.45) is 2.24. The van der Waals surface area contributed by atoms with Crippen LogP contribution in [0.5, 0.6) is 0 Å². The molecule has 0 atom stereocenters. The molecule has 0 spiro atoms. The molecule has 104 valence electrons. The van der Waals surface area contributed by atoms with E-state index in [0.717, 1.165) is 12.8 Å². The van der Waals surface area contributed by atoms with Crippen molar-refractivity contribution in [2.75, 3.05) is 6.54 Å². The predicted molar refractivity (Wildman–Crippen MR) is 80.9 cm³/mol. The number of primary amides is 1. The third kappa shape index (κ3) is 3.37. The number of hydrogen-bond acceptors (Lipinski definition) is 2. The highest BCUT2D eigenvalue weighted by Crippen LogP contribution is 2.40. The molecule has 0 aliphatic heterocycles. The zero-order chi connectivity index (χ0) is 14.0. The van der Waals surface area contributed by atoms with Gasteiger partial charge in [-0.2, -0.15) is 0 Å². The van der Waals surface area contributed by atoms with E-state index in [0.29, 0.717) is 18.5 Å². The standard InChI is InChI=1S/C15H21BrN2O/c1-15(2,14(17)19)9-18-11-7-10(8-11)12-5-3-4-6-13(12)16/h3-6,10-11,18H,7-9H2,1-2H3,(H2,17,19). The van der Waals surface area contributed by atoms with Crippen LogP contribution in [0.1, 0.15) is 38.2 Å². The van der Waals surface area contributed by atoms with Crippen LogP contribution in [0.2, 0.25) is 0 Å². The summed E-state index contributed by atoms with van der Waals surface area (Å²) in [7, 11) is 0. The minimum absolute atomic E-state index is 0.248. The topological polar surface area (TPSA) is 55.1 Å². The minimum atomic E-state index is -0.474. The Labute approximate surface area is 123 Å². The highest BCUT2D eigenvalue weighted by Gasteiger charge is 2.33. The van der Waals surface area contributed by atoms with Crippen LogP contribution in [-0.4, -0.2) is 18.5 Å². The van der Waals surface area contributed by atoms with E-state index in [9.17, 15) is 4.79 Å². The molecule has 3 N–H and O–H groups in total. The molecule has 0 saturated heterocycles. The van der Waals surface area contributed by atoms with Crippen molar-refractivity contribution in [3.05, 3.63) is 34.3 Å². The maximum atomic E-state index is 11.2. The number of rotatable bonds is 5. The first-order chi connectivity index (χ1) is 8.90. The molecule has 0 radical (unpaired) electrons. The van der Waals surface area contributed by atoms with Crippen LogP contribution in [0, 0.1) is 5.41 Å². The van der Waals surface area contributed by atoms with E-state index in [4.69, 9.17) is 5.73 Å². The van der Waals surface area contributed by atoms with Crippen molar-refractivity contribution in [1.82, 2.24) is 5.32 Å². The summed E-state index contributed by atoms with van der Waals surface area (Å²) in [4.78, 5) is 11.2. The maximum Gasteiger partial charge on any atom is 0.224 e. The first kappa shape index (κ1) is 14.5. The number of benzene rings is 1. The quantitative estimate of drug-likeness (QED) is 0.875. The van der Waals surface area contributed by atoms with Gasteiger partial charge in [0.05, 0.1) is 5.41 Å². The molecular weight excluding hydrogens is 304 g/mol. The molecule has 1 aliphatic rings. The average molecular weight is 325 g/mol. The Morgan fingerprint density at radius 3 is 2.63 bits per heavy atom. The fraction of sp³-hybridized carbons (Fsp3) is 0.533. The van der Waals surface area contributed by atoms with Gasteiger partial charge in [-0.05, 0) is 44.2 Å². The summed E-state index contributed by atoms with van der Waals surface area (Å²) in [5.74, 6) is 0.367. The molecule has 19 heavy (non-hydrogen) atoms. The molecule has 1 amide bonds. The molecule has 2 rings (SSSR count). The van der Waals surface area contributed by atoms with Gasteiger partial charge in [-0.1, -0.05) is 34.1 Å². The molecule has 4 heteroatoms. The Bertz CT molecular complexity index is 467. The van der Waals surface area contributed by atoms with Gasteiger partial charge in [-0.25, -0.2) is 0 Å². The second kappa shape index (κ2) is 5.63. The van der Waals surface area contributed by atoms with E-state index in [2.05, 4.69) is 39.4 Å². The van der Waals surface area contributed by atoms with E-state index in [1.54, 1.807) is 0 Å². The van der Waals surface area contributed by atoms with Crippen LogP contribution in [0.25, 0.3) is 0 Å². The number of hydrogen-bond donors (Lipinski definition) is 2. The van der Waals surface area contributed by atoms with Crippen LogP contribution >= 0.6 is 15.9 Å². The minimum Gasteiger partial charge on any atom is -0.369 e. The Morgan fingerprint density at radius 2 is 2.05 bits per heavy atom. The zero-order valence-electron chi connectivity index (χ0n) is 11.4. The van der Waals surface area contributed by atoms with E-state index >= 15 is 0 Å². The van der Waals surface area contributed by atoms with E-state index < -0.39 is 5.41 Å². The number of halogens is 1. The zero-order valence-corrected chi connectivity index (χ0v) is 13.0. The van der Waals surface area contributed by atoms with Gasteiger partial charge >= 0.3 is 0 Å². The Hall–Kier alpha value is -0.870. The second-order valence-electron chi connectivity index (χ2n) is 6.02. The third-order valence-corrected chi connectivity index (χ3v) is 4.70. The summed E-state index contributed by atoms with van der Waals surface area (Å²) >= 11 is 3.60. The first-order valence-corrected chi connectivity index (χ1v) is 7.47. The summed E-state index contributed by atoms with van der Waals surface area (Å²) in [6, 6.07) is 8.88. The SMILES string of the molecule is CC(C)(CNC1CC(c2ccccc2Br)C1)C(N)=O. The molecule has 1 fully saturated rings. The summed E-state index contributed by atoms with van der Waals surface area (Å²) < 4.78 is 1.19. The first-order valence-electron chi connectivity index (χ1n) is 6.68. The fourth-order valence-corrected chi connectivity index (χ4v) is 2.94. The van der Waals surface area contributed by atoms with Crippen molar-refractivity contribution in [3.63, 3.8) is 0 Å². The molecule has 1 aromatic carbocycles. The third-order valence-electron chi connectivity index (χ3n) is 3.98. The predicted octanol–water partition coefficient (Wildman–Crippen LogP) is 2.80. The lowest BCUT2D eigenvalue weighted by Crippen LogP contribution is -2.47. The molecule has 0 unspecified atom stereocenters. The number of nitrogens with one attached hydrogen (secondary N) is 1. The average Bonchev–Trinajstić information content (AvgIpc) is 2.29. The van der Waals surface area contributed by atoms with Gasteiger partial charge in [0, 0.05) is 17.1 Å². The molecule has 1 saturated carbocycles. The van der Waals surface area contributed by atoms with Crippen molar-refractivity contribution in [1.29, 1.82) is 0 Å². The lowest BCUT2D eigenvalue weighted by Gasteiger charge is -2.38. The van der Waals surface area contributed by atoms with Gasteiger partial charge in [0.15, 0.2) is 0 Å². The number of nitrogens with two attached hydrogens (primary N) is 1. The van der Waals surface area contributed by atoms with Crippen molar-refractivity contribution in [2.24, 2.45) is 11.1 Å². The molecule has 0 heterocycles. The molecule has 0 aromatic heterocycles. The summed E-state index contributed by atoms with van der Waals surface area (Å²) in [5, 5.41) is 3.44. The van der Waals surface area contributed by atoms with Crippen molar-refractivity contribution >= 4 is 21.8 Å². The maximum absolute atomic E-state index is 11.2. The molecule has 0 bridgehead atoms. The highest BCUT2D eigenvalue weighted by molar-refractivity contribution is 9.10. The van der Waals surface area contributed by atoms with Gasteiger partial charge in [-0.15, -0.1) is 0 Å². The van der Waals surface area contributed by atoms with Crippen LogP contribution in [0.4, 0.5) is 0 Å². The number of amides is 1. The molecular formula is C15H21BrN2O. The van der Waals surface area contributed by atoms with Gasteiger partial charge in [-0.3, -0.25) is 4.79 Å². The molecule has 3 nitrogen and oxygen atoms in total. The number of carbonyl (C=O) groups is 1. The van der Waals surface area contributed by atoms with E-state index in [-0.39, 0.29) is 5.91 Å².